The smallest absolute Gasteiger partial charge is 0.209 e. The van der Waals surface area contributed by atoms with Gasteiger partial charge >= 0.3 is 0 Å². The van der Waals surface area contributed by atoms with Crippen LogP contribution in [0.1, 0.15) is 20.7 Å². The molecule has 0 bridgehead atoms. The van der Waals surface area contributed by atoms with Gasteiger partial charge in [0.05, 0.1) is 5.70 Å². The molecule has 0 spiro atoms. The molecule has 1 aromatic rings. The van der Waals surface area contributed by atoms with E-state index in [-0.39, 0.29) is 11.6 Å². The van der Waals surface area contributed by atoms with Crippen molar-refractivity contribution in [1.82, 2.24) is 5.09 Å². The van der Waals surface area contributed by atoms with Crippen molar-refractivity contribution in [3.8, 4) is 0 Å². The van der Waals surface area contributed by atoms with Crippen molar-refractivity contribution in [2.24, 2.45) is 0 Å². The molecule has 2 rings (SSSR count). The normalized spacial score (nSPS) is 14.8. The lowest BCUT2D eigenvalue weighted by Crippen LogP contribution is -2.21. The topological polar surface area (TPSA) is 46.2 Å². The highest BCUT2D eigenvalue weighted by molar-refractivity contribution is 7.14. The molecular weight excluding hydrogens is 197 g/mol. The number of hydrogen-bond donors (Lipinski definition) is 1. The van der Waals surface area contributed by atoms with Crippen LogP contribution in [0.5, 0.6) is 0 Å². The molecule has 3 nitrogen and oxygen atoms in total. The van der Waals surface area contributed by atoms with Gasteiger partial charge < -0.3 is 5.09 Å². The van der Waals surface area contributed by atoms with Gasteiger partial charge in [-0.25, -0.2) is 0 Å². The second-order valence-corrected chi connectivity index (χ2v) is 3.23. The van der Waals surface area contributed by atoms with Crippen molar-refractivity contribution in [2.75, 3.05) is 0 Å². The van der Waals surface area contributed by atoms with Crippen LogP contribution < -0.4 is 5.09 Å². The molecular formula is C10H8NO2P. The van der Waals surface area contributed by atoms with Gasteiger partial charge in [0.25, 0.3) is 0 Å². The minimum atomic E-state index is -0.143. The Labute approximate surface area is 83.5 Å². The summed E-state index contributed by atoms with van der Waals surface area (Å²) in [5.74, 6) is -0.277. The van der Waals surface area contributed by atoms with E-state index in [0.29, 0.717) is 16.8 Å². The lowest BCUT2D eigenvalue weighted by atomic mass is 9.93. The molecule has 0 radical (unpaired) electrons. The lowest BCUT2D eigenvalue weighted by molar-refractivity contribution is 0.0981. The third-order valence-corrected chi connectivity index (χ3v) is 2.42. The number of ketones is 2. The van der Waals surface area contributed by atoms with E-state index in [2.05, 4.69) is 14.5 Å². The predicted molar refractivity (Wildman–Crippen MR) is 56.0 cm³/mol. The molecule has 0 fully saturated rings. The molecule has 70 valence electrons. The van der Waals surface area contributed by atoms with E-state index in [1.807, 2.05) is 0 Å². The highest BCUT2D eigenvalue weighted by atomic mass is 31.0. The molecule has 4 heteroatoms. The second-order valence-electron chi connectivity index (χ2n) is 2.94. The summed E-state index contributed by atoms with van der Waals surface area (Å²) in [7, 11) is 2.21. The molecule has 0 saturated heterocycles. The minimum Gasteiger partial charge on any atom is -0.366 e. The molecule has 0 aliphatic heterocycles. The van der Waals surface area contributed by atoms with E-state index in [1.54, 1.807) is 24.3 Å². The van der Waals surface area contributed by atoms with Crippen molar-refractivity contribution in [2.45, 2.75) is 0 Å². The zero-order valence-electron chi connectivity index (χ0n) is 7.28. The maximum Gasteiger partial charge on any atom is 0.209 e. The van der Waals surface area contributed by atoms with Gasteiger partial charge in [-0.05, 0) is 9.39 Å². The molecule has 0 saturated carbocycles. The Morgan fingerprint density at radius 1 is 1.07 bits per heavy atom. The van der Waals surface area contributed by atoms with E-state index < -0.39 is 0 Å². The van der Waals surface area contributed by atoms with Gasteiger partial charge in [0.2, 0.25) is 5.78 Å². The summed E-state index contributed by atoms with van der Waals surface area (Å²) < 4.78 is 0. The third kappa shape index (κ3) is 1.26. The highest BCUT2D eigenvalue weighted by Crippen LogP contribution is 2.19. The third-order valence-electron chi connectivity index (χ3n) is 2.11. The van der Waals surface area contributed by atoms with Crippen molar-refractivity contribution in [3.63, 3.8) is 0 Å². The van der Waals surface area contributed by atoms with Crippen LogP contribution in [-0.2, 0) is 0 Å². The SMILES string of the molecule is O=C1C=C(NP)C(=O)c2ccccc21. The van der Waals surface area contributed by atoms with E-state index in [1.165, 1.54) is 6.08 Å². The molecule has 1 N–H and O–H groups in total. The molecule has 0 heterocycles. The Morgan fingerprint density at radius 3 is 2.36 bits per heavy atom. The van der Waals surface area contributed by atoms with Gasteiger partial charge in [-0.3, -0.25) is 9.59 Å². The first-order valence-corrected chi connectivity index (χ1v) is 4.68. The number of hydrogen-bond acceptors (Lipinski definition) is 3. The van der Waals surface area contributed by atoms with Crippen LogP contribution in [0.15, 0.2) is 36.0 Å². The highest BCUT2D eigenvalue weighted by Gasteiger charge is 2.23. The molecule has 0 aromatic heterocycles. The molecule has 14 heavy (non-hydrogen) atoms. The molecule has 1 aromatic carbocycles. The molecule has 1 atom stereocenters. The Morgan fingerprint density at radius 2 is 1.71 bits per heavy atom. The molecule has 1 unspecified atom stereocenters. The van der Waals surface area contributed by atoms with Crippen LogP contribution in [0.2, 0.25) is 0 Å². The summed E-state index contributed by atoms with van der Waals surface area (Å²) in [6, 6.07) is 6.81. The summed E-state index contributed by atoms with van der Waals surface area (Å²) in [5.41, 5.74) is 1.25. The summed E-state index contributed by atoms with van der Waals surface area (Å²) in [4.78, 5) is 23.2. The van der Waals surface area contributed by atoms with E-state index in [9.17, 15) is 9.59 Å². The van der Waals surface area contributed by atoms with Crippen LogP contribution in [0, 0.1) is 0 Å². The number of carbonyl (C=O) groups excluding carboxylic acids is 2. The lowest BCUT2D eigenvalue weighted by Gasteiger charge is -2.13. The van der Waals surface area contributed by atoms with Crippen molar-refractivity contribution in [1.29, 1.82) is 0 Å². The average molecular weight is 205 g/mol. The number of rotatable bonds is 1. The molecule has 1 aliphatic rings. The van der Waals surface area contributed by atoms with Crippen LogP contribution in [0.3, 0.4) is 0 Å². The fourth-order valence-corrected chi connectivity index (χ4v) is 1.64. The fourth-order valence-electron chi connectivity index (χ4n) is 1.42. The van der Waals surface area contributed by atoms with Crippen LogP contribution in [-0.4, -0.2) is 11.6 Å². The standard InChI is InChI=1S/C10H8NO2P/c12-9-5-8(11-14)10(13)7-4-2-1-3-6(7)9/h1-5,11H,14H2. The predicted octanol–water partition coefficient (Wildman–Crippen LogP) is 1.33. The molecule has 1 aliphatic carbocycles. The Kier molecular flexibility index (Phi) is 2.18. The first kappa shape index (κ1) is 9.10. The average Bonchev–Trinajstić information content (AvgIpc) is 2.23. The zero-order valence-corrected chi connectivity index (χ0v) is 8.44. The largest absolute Gasteiger partial charge is 0.366 e. The van der Waals surface area contributed by atoms with Crippen LogP contribution in [0.25, 0.3) is 0 Å². The fraction of sp³-hybridized carbons (Fsp3) is 0. The first-order chi connectivity index (χ1) is 6.74. The van der Waals surface area contributed by atoms with E-state index in [0.717, 1.165) is 0 Å². The number of fused-ring (bicyclic) bond motifs is 1. The van der Waals surface area contributed by atoms with E-state index in [4.69, 9.17) is 0 Å². The maximum absolute atomic E-state index is 11.7. The minimum absolute atomic E-state index is 0.134. The molecule has 0 amide bonds. The van der Waals surface area contributed by atoms with Crippen LogP contribution in [0.4, 0.5) is 0 Å². The summed E-state index contributed by atoms with van der Waals surface area (Å²) >= 11 is 0. The second kappa shape index (κ2) is 3.35. The maximum atomic E-state index is 11.7. The van der Waals surface area contributed by atoms with Crippen molar-refractivity contribution >= 4 is 21.0 Å². The Balaban J connectivity index is 2.61. The quantitative estimate of drug-likeness (QED) is 0.703. The summed E-state index contributed by atoms with van der Waals surface area (Å²) in [5, 5.41) is 2.63. The Hall–Kier alpha value is -1.47. The van der Waals surface area contributed by atoms with Gasteiger partial charge in [0, 0.05) is 17.2 Å². The number of carbonyl (C=O) groups is 2. The van der Waals surface area contributed by atoms with E-state index >= 15 is 0 Å². The Bertz CT molecular complexity index is 451. The first-order valence-electron chi connectivity index (χ1n) is 4.10. The van der Waals surface area contributed by atoms with Gasteiger partial charge in [0.15, 0.2) is 5.78 Å². The number of allylic oxidation sites excluding steroid dienone is 2. The van der Waals surface area contributed by atoms with Gasteiger partial charge in [0.1, 0.15) is 0 Å². The van der Waals surface area contributed by atoms with Gasteiger partial charge in [-0.1, -0.05) is 24.3 Å². The summed E-state index contributed by atoms with van der Waals surface area (Å²) in [6.45, 7) is 0. The number of benzene rings is 1. The summed E-state index contributed by atoms with van der Waals surface area (Å²) in [6.07, 6.45) is 1.32. The van der Waals surface area contributed by atoms with Gasteiger partial charge in [-0.15, -0.1) is 0 Å². The van der Waals surface area contributed by atoms with Crippen LogP contribution >= 0.6 is 9.39 Å². The van der Waals surface area contributed by atoms with Crippen molar-refractivity contribution in [3.05, 3.63) is 47.2 Å². The monoisotopic (exact) mass is 205 g/mol. The van der Waals surface area contributed by atoms with Crippen molar-refractivity contribution < 1.29 is 9.59 Å². The number of nitrogens with one attached hydrogen (secondary N) is 1. The zero-order chi connectivity index (χ0) is 10.1. The van der Waals surface area contributed by atoms with Gasteiger partial charge in [-0.2, -0.15) is 0 Å². The number of Topliss-reactive ketones (excluding diaryl/α,β-unsaturated/α-hetero) is 1.